The Labute approximate surface area is 234 Å². The molecule has 1 aromatic rings. The zero-order valence-electron chi connectivity index (χ0n) is 24.3. The van der Waals surface area contributed by atoms with Crippen molar-refractivity contribution in [3.8, 4) is 0 Å². The lowest BCUT2D eigenvalue weighted by molar-refractivity contribution is 0.0450. The van der Waals surface area contributed by atoms with Crippen molar-refractivity contribution in [1.82, 2.24) is 5.01 Å². The number of aliphatic imine (C=N–C) groups is 1. The summed E-state index contributed by atoms with van der Waals surface area (Å²) < 4.78 is 10.8. The molecule has 1 amide bonds. The van der Waals surface area contributed by atoms with E-state index in [2.05, 4.69) is 24.3 Å². The Hall–Kier alpha value is -2.71. The van der Waals surface area contributed by atoms with E-state index in [-0.39, 0.29) is 11.3 Å². The van der Waals surface area contributed by atoms with Gasteiger partial charge in [0.2, 0.25) is 0 Å². The van der Waals surface area contributed by atoms with E-state index in [1.165, 1.54) is 19.3 Å². The van der Waals surface area contributed by atoms with Crippen LogP contribution in [0.3, 0.4) is 0 Å². The predicted molar refractivity (Wildman–Crippen MR) is 158 cm³/mol. The normalized spacial score (nSPS) is 19.8. The molecule has 1 fully saturated rings. The van der Waals surface area contributed by atoms with Gasteiger partial charge in [-0.2, -0.15) is 5.10 Å². The average molecular weight is 541 g/mol. The van der Waals surface area contributed by atoms with Crippen LogP contribution >= 0.6 is 0 Å². The van der Waals surface area contributed by atoms with Gasteiger partial charge in [0.15, 0.2) is 0 Å². The molecule has 8 heteroatoms. The fourth-order valence-corrected chi connectivity index (χ4v) is 5.33. The monoisotopic (exact) mass is 540 g/mol. The number of aliphatic hydroxyl groups is 1. The SMILES string of the molecule is CCCC(CC)(CN=CCN1C=CC(O)C(Cc2cccc(NC(=O)OCC(C)C)c2)=N1)CC1CCOCC1. The molecule has 2 N–H and O–H groups in total. The molecule has 2 atom stereocenters. The number of nitrogens with one attached hydrogen (secondary N) is 1. The van der Waals surface area contributed by atoms with Crippen LogP contribution in [-0.2, 0) is 15.9 Å². The number of hydrazone groups is 1. The lowest BCUT2D eigenvalue weighted by Gasteiger charge is -2.36. The maximum Gasteiger partial charge on any atom is 0.411 e. The first kappa shape index (κ1) is 30.8. The molecule has 0 aliphatic carbocycles. The summed E-state index contributed by atoms with van der Waals surface area (Å²) in [6, 6.07) is 7.53. The first-order chi connectivity index (χ1) is 18.8. The van der Waals surface area contributed by atoms with E-state index < -0.39 is 12.2 Å². The highest BCUT2D eigenvalue weighted by atomic mass is 16.5. The lowest BCUT2D eigenvalue weighted by atomic mass is 9.72. The fourth-order valence-electron chi connectivity index (χ4n) is 5.33. The maximum absolute atomic E-state index is 12.0. The Kier molecular flexibility index (Phi) is 12.5. The number of benzene rings is 1. The fraction of sp³-hybridized carbons (Fsp3) is 0.645. The number of ether oxygens (including phenoxy) is 2. The molecule has 8 nitrogen and oxygen atoms in total. The van der Waals surface area contributed by atoms with Gasteiger partial charge in [0.25, 0.3) is 0 Å². The molecule has 2 aliphatic heterocycles. The van der Waals surface area contributed by atoms with Crippen molar-refractivity contribution in [2.24, 2.45) is 27.3 Å². The van der Waals surface area contributed by atoms with Crippen molar-refractivity contribution >= 4 is 23.7 Å². The van der Waals surface area contributed by atoms with Crippen LogP contribution in [0.25, 0.3) is 0 Å². The minimum absolute atomic E-state index is 0.246. The third-order valence-corrected chi connectivity index (χ3v) is 7.56. The second-order valence-corrected chi connectivity index (χ2v) is 11.4. The van der Waals surface area contributed by atoms with Gasteiger partial charge >= 0.3 is 6.09 Å². The molecule has 0 saturated carbocycles. The minimum Gasteiger partial charge on any atom is -0.449 e. The summed E-state index contributed by atoms with van der Waals surface area (Å²) in [5.74, 6) is 1.01. The molecule has 0 spiro atoms. The van der Waals surface area contributed by atoms with Crippen LogP contribution in [0.1, 0.15) is 71.8 Å². The second kappa shape index (κ2) is 15.8. The van der Waals surface area contributed by atoms with E-state index >= 15 is 0 Å². The van der Waals surface area contributed by atoms with Gasteiger partial charge in [-0.3, -0.25) is 15.3 Å². The van der Waals surface area contributed by atoms with E-state index in [0.29, 0.717) is 31.0 Å². The number of aliphatic hydroxyl groups excluding tert-OH is 1. The molecule has 0 aromatic heterocycles. The quantitative estimate of drug-likeness (QED) is 0.280. The molecule has 0 radical (unpaired) electrons. The highest BCUT2D eigenvalue weighted by Gasteiger charge is 2.31. The summed E-state index contributed by atoms with van der Waals surface area (Å²) in [4.78, 5) is 16.9. The lowest BCUT2D eigenvalue weighted by Crippen LogP contribution is -2.31. The first-order valence-corrected chi connectivity index (χ1v) is 14.6. The molecule has 0 bridgehead atoms. The Morgan fingerprint density at radius 1 is 1.33 bits per heavy atom. The van der Waals surface area contributed by atoms with Crippen LogP contribution in [-0.4, -0.2) is 67.1 Å². The predicted octanol–water partition coefficient (Wildman–Crippen LogP) is 6.06. The summed E-state index contributed by atoms with van der Waals surface area (Å²) in [6.07, 6.45) is 11.8. The summed E-state index contributed by atoms with van der Waals surface area (Å²) >= 11 is 0. The zero-order chi connectivity index (χ0) is 28.1. The van der Waals surface area contributed by atoms with Crippen molar-refractivity contribution in [3.05, 3.63) is 42.1 Å². The Morgan fingerprint density at radius 3 is 2.85 bits per heavy atom. The van der Waals surface area contributed by atoms with Crippen LogP contribution in [0.4, 0.5) is 10.5 Å². The summed E-state index contributed by atoms with van der Waals surface area (Å²) in [6.45, 7) is 12.1. The summed E-state index contributed by atoms with van der Waals surface area (Å²) in [5.41, 5.74) is 2.49. The number of carbonyl (C=O) groups excluding carboxylic acids is 1. The van der Waals surface area contributed by atoms with Crippen LogP contribution < -0.4 is 5.32 Å². The molecule has 39 heavy (non-hydrogen) atoms. The number of carbonyl (C=O) groups is 1. The van der Waals surface area contributed by atoms with E-state index in [1.807, 2.05) is 55.5 Å². The van der Waals surface area contributed by atoms with Crippen molar-refractivity contribution in [1.29, 1.82) is 0 Å². The van der Waals surface area contributed by atoms with Gasteiger partial charge < -0.3 is 14.6 Å². The zero-order valence-corrected chi connectivity index (χ0v) is 24.3. The van der Waals surface area contributed by atoms with Crippen LogP contribution in [0.15, 0.2) is 46.6 Å². The number of amides is 1. The highest BCUT2D eigenvalue weighted by Crippen LogP contribution is 2.38. The Balaban J connectivity index is 1.56. The Bertz CT molecular complexity index is 987. The first-order valence-electron chi connectivity index (χ1n) is 14.6. The number of nitrogens with zero attached hydrogens (tertiary/aromatic N) is 3. The van der Waals surface area contributed by atoms with Crippen molar-refractivity contribution in [3.63, 3.8) is 0 Å². The number of hydrogen-bond acceptors (Lipinski definition) is 7. The van der Waals surface area contributed by atoms with Crippen LogP contribution in [0.5, 0.6) is 0 Å². The molecule has 2 aliphatic rings. The van der Waals surface area contributed by atoms with Gasteiger partial charge in [0.05, 0.1) is 18.9 Å². The van der Waals surface area contributed by atoms with Crippen molar-refractivity contribution in [2.45, 2.75) is 78.7 Å². The van der Waals surface area contributed by atoms with Gasteiger partial charge in [-0.25, -0.2) is 4.79 Å². The molecule has 1 aromatic carbocycles. The maximum atomic E-state index is 12.0. The molecule has 1 saturated heterocycles. The molecular weight excluding hydrogens is 492 g/mol. The highest BCUT2D eigenvalue weighted by molar-refractivity contribution is 5.93. The number of anilines is 1. The van der Waals surface area contributed by atoms with Crippen LogP contribution in [0, 0.1) is 17.3 Å². The van der Waals surface area contributed by atoms with E-state index in [9.17, 15) is 9.90 Å². The topological polar surface area (TPSA) is 95.8 Å². The van der Waals surface area contributed by atoms with Gasteiger partial charge in [-0.1, -0.05) is 46.2 Å². The van der Waals surface area contributed by atoms with Crippen molar-refractivity contribution < 1.29 is 19.4 Å². The van der Waals surface area contributed by atoms with Crippen LogP contribution in [0.2, 0.25) is 0 Å². The molecule has 3 rings (SSSR count). The van der Waals surface area contributed by atoms with E-state index in [1.54, 1.807) is 6.08 Å². The van der Waals surface area contributed by atoms with Gasteiger partial charge in [-0.15, -0.1) is 0 Å². The van der Waals surface area contributed by atoms with E-state index in [4.69, 9.17) is 14.5 Å². The Morgan fingerprint density at radius 2 is 2.13 bits per heavy atom. The smallest absolute Gasteiger partial charge is 0.411 e. The summed E-state index contributed by atoms with van der Waals surface area (Å²) in [7, 11) is 0. The molecule has 216 valence electrons. The van der Waals surface area contributed by atoms with Gasteiger partial charge in [0.1, 0.15) is 6.10 Å². The summed E-state index contributed by atoms with van der Waals surface area (Å²) in [5, 5.41) is 19.8. The number of hydrogen-bond donors (Lipinski definition) is 2. The molecular formula is C31H48N4O4. The largest absolute Gasteiger partial charge is 0.449 e. The van der Waals surface area contributed by atoms with Crippen molar-refractivity contribution in [2.75, 3.05) is 38.2 Å². The van der Waals surface area contributed by atoms with Gasteiger partial charge in [0, 0.05) is 44.3 Å². The van der Waals surface area contributed by atoms with Gasteiger partial charge in [-0.05, 0) is 73.1 Å². The third kappa shape index (κ3) is 10.4. The average Bonchev–Trinajstić information content (AvgIpc) is 2.92. The molecule has 2 heterocycles. The van der Waals surface area contributed by atoms with E-state index in [0.717, 1.165) is 50.5 Å². The minimum atomic E-state index is -0.748. The molecule has 2 unspecified atom stereocenters. The standard InChI is InChI=1S/C31H48N4O4/c1-5-13-31(6-2,21-25-11-17-38-18-12-25)23-32-14-16-35-15-10-29(36)28(34-35)20-26-8-7-9-27(19-26)33-30(37)39-22-24(3)4/h7-10,14-15,19,24-25,29,36H,5-6,11-13,16-18,20-23H2,1-4H3,(H,33,37). The number of rotatable bonds is 14. The third-order valence-electron chi connectivity index (χ3n) is 7.56. The second-order valence-electron chi connectivity index (χ2n) is 11.4.